The average Bonchev–Trinajstić information content (AvgIpc) is 2.85. The Hall–Kier alpha value is -3.52. The van der Waals surface area contributed by atoms with Gasteiger partial charge in [0.2, 0.25) is 0 Å². The van der Waals surface area contributed by atoms with E-state index in [0.717, 1.165) is 44.1 Å². The molecule has 0 amide bonds. The summed E-state index contributed by atoms with van der Waals surface area (Å²) in [6.07, 6.45) is 1.96. The number of anilines is 3. The topological polar surface area (TPSA) is 16.1 Å². The van der Waals surface area contributed by atoms with Crippen molar-refractivity contribution < 1.29 is 20.1 Å². The van der Waals surface area contributed by atoms with Gasteiger partial charge in [0, 0.05) is 37.7 Å². The van der Waals surface area contributed by atoms with E-state index in [2.05, 4.69) is 108 Å². The Bertz CT molecular complexity index is 1490. The predicted molar refractivity (Wildman–Crippen MR) is 130 cm³/mol. The third kappa shape index (κ3) is 3.46. The quantitative estimate of drug-likeness (QED) is 0.155. The Kier molecular flexibility index (Phi) is 5.44. The van der Waals surface area contributed by atoms with E-state index in [1.165, 1.54) is 5.39 Å². The van der Waals surface area contributed by atoms with Crippen molar-refractivity contribution in [2.24, 2.45) is 0 Å². The van der Waals surface area contributed by atoms with Crippen LogP contribution in [0.3, 0.4) is 0 Å². The van der Waals surface area contributed by atoms with Gasteiger partial charge >= 0.3 is 0 Å². The van der Waals surface area contributed by atoms with Gasteiger partial charge in [0.25, 0.3) is 0 Å². The SMILES string of the molecule is [Ir].[c-]1cc(N(c2ccccc2)c2ccccc2)cc2ccc3c4ccccc4cnc3c12. The zero-order valence-electron chi connectivity index (χ0n) is 17.2. The van der Waals surface area contributed by atoms with E-state index in [1.807, 2.05) is 18.3 Å². The van der Waals surface area contributed by atoms with Crippen LogP contribution in [0.2, 0.25) is 0 Å². The summed E-state index contributed by atoms with van der Waals surface area (Å²) in [5, 5.41) is 5.72. The molecule has 3 heteroatoms. The summed E-state index contributed by atoms with van der Waals surface area (Å²) in [5.74, 6) is 0. The first-order chi connectivity index (χ1) is 15.4. The maximum atomic E-state index is 4.78. The number of nitrogens with zero attached hydrogens (tertiary/aromatic N) is 2. The molecule has 0 fully saturated rings. The van der Waals surface area contributed by atoms with Gasteiger partial charge in [0.05, 0.1) is 0 Å². The van der Waals surface area contributed by atoms with Crippen molar-refractivity contribution >= 4 is 49.5 Å². The van der Waals surface area contributed by atoms with Crippen LogP contribution in [0.15, 0.2) is 115 Å². The van der Waals surface area contributed by atoms with E-state index >= 15 is 0 Å². The summed E-state index contributed by atoms with van der Waals surface area (Å²) >= 11 is 0. The molecule has 155 valence electrons. The Labute approximate surface area is 200 Å². The van der Waals surface area contributed by atoms with Gasteiger partial charge in [0.15, 0.2) is 0 Å². The molecule has 1 aromatic heterocycles. The van der Waals surface area contributed by atoms with Crippen LogP contribution in [0.25, 0.3) is 32.4 Å². The van der Waals surface area contributed by atoms with Crippen LogP contribution in [-0.2, 0) is 20.1 Å². The molecule has 0 aliphatic heterocycles. The van der Waals surface area contributed by atoms with Crippen molar-refractivity contribution in [1.29, 1.82) is 0 Å². The number of fused-ring (bicyclic) bond motifs is 5. The van der Waals surface area contributed by atoms with Gasteiger partial charge in [-0.25, -0.2) is 0 Å². The fourth-order valence-corrected chi connectivity index (χ4v) is 4.30. The van der Waals surface area contributed by atoms with Crippen molar-refractivity contribution in [3.8, 4) is 0 Å². The second-order valence-electron chi connectivity index (χ2n) is 7.64. The van der Waals surface area contributed by atoms with Crippen molar-refractivity contribution in [1.82, 2.24) is 4.98 Å². The average molecular weight is 588 g/mol. The molecule has 0 unspecified atom stereocenters. The summed E-state index contributed by atoms with van der Waals surface area (Å²) in [7, 11) is 0. The Morgan fingerprint density at radius 1 is 0.594 bits per heavy atom. The van der Waals surface area contributed by atoms with Gasteiger partial charge in [0.1, 0.15) is 0 Å². The predicted octanol–water partition coefficient (Wildman–Crippen LogP) is 7.81. The smallest absolute Gasteiger partial charge is 0.0371 e. The van der Waals surface area contributed by atoms with Crippen LogP contribution in [-0.4, -0.2) is 4.98 Å². The van der Waals surface area contributed by atoms with E-state index in [4.69, 9.17) is 4.98 Å². The van der Waals surface area contributed by atoms with Crippen molar-refractivity contribution in [2.45, 2.75) is 0 Å². The molecule has 0 N–H and O–H groups in total. The number of pyridine rings is 1. The molecule has 2 nitrogen and oxygen atoms in total. The van der Waals surface area contributed by atoms with Crippen LogP contribution < -0.4 is 4.90 Å². The fourth-order valence-electron chi connectivity index (χ4n) is 4.30. The molecule has 5 aromatic carbocycles. The molecule has 6 rings (SSSR count). The number of hydrogen-bond donors (Lipinski definition) is 0. The van der Waals surface area contributed by atoms with Gasteiger partial charge in [-0.05, 0) is 51.6 Å². The molecule has 0 saturated carbocycles. The van der Waals surface area contributed by atoms with Gasteiger partial charge < -0.3 is 9.88 Å². The largest absolute Gasteiger partial charge is 0.352 e. The molecule has 1 heterocycles. The van der Waals surface area contributed by atoms with E-state index in [-0.39, 0.29) is 20.1 Å². The monoisotopic (exact) mass is 588 g/mol. The normalized spacial score (nSPS) is 10.9. The Balaban J connectivity index is 0.00000216. The fraction of sp³-hybridized carbons (Fsp3) is 0. The van der Waals surface area contributed by atoms with Crippen LogP contribution in [0, 0.1) is 6.07 Å². The van der Waals surface area contributed by atoms with Crippen molar-refractivity contribution in [3.05, 3.63) is 121 Å². The van der Waals surface area contributed by atoms with Crippen LogP contribution in [0.5, 0.6) is 0 Å². The summed E-state index contributed by atoms with van der Waals surface area (Å²) in [6, 6.07) is 41.5. The van der Waals surface area contributed by atoms with E-state index in [1.54, 1.807) is 0 Å². The van der Waals surface area contributed by atoms with E-state index in [9.17, 15) is 0 Å². The number of rotatable bonds is 3. The Morgan fingerprint density at radius 2 is 1.25 bits per heavy atom. The number of aromatic nitrogens is 1. The zero-order valence-corrected chi connectivity index (χ0v) is 19.6. The summed E-state index contributed by atoms with van der Waals surface area (Å²) in [4.78, 5) is 7.04. The second-order valence-corrected chi connectivity index (χ2v) is 7.64. The molecule has 0 atom stereocenters. The molecular weight excluding hydrogens is 569 g/mol. The van der Waals surface area contributed by atoms with Gasteiger partial charge in [-0.15, -0.1) is 29.0 Å². The van der Waals surface area contributed by atoms with Gasteiger partial charge in [-0.1, -0.05) is 72.8 Å². The maximum Gasteiger partial charge on any atom is 0.0371 e. The first-order valence-electron chi connectivity index (χ1n) is 10.4. The Morgan fingerprint density at radius 3 is 1.97 bits per heavy atom. The number of hydrogen-bond acceptors (Lipinski definition) is 2. The number of para-hydroxylation sites is 2. The maximum absolute atomic E-state index is 4.78. The second kappa shape index (κ2) is 8.55. The molecule has 0 saturated heterocycles. The molecule has 0 spiro atoms. The molecule has 0 bridgehead atoms. The molecule has 1 radical (unpaired) electrons. The number of benzene rings is 5. The van der Waals surface area contributed by atoms with Crippen LogP contribution >= 0.6 is 0 Å². The van der Waals surface area contributed by atoms with Crippen molar-refractivity contribution in [2.75, 3.05) is 4.90 Å². The summed E-state index contributed by atoms with van der Waals surface area (Å²) in [6.45, 7) is 0. The minimum Gasteiger partial charge on any atom is -0.352 e. The van der Waals surface area contributed by atoms with E-state index < -0.39 is 0 Å². The third-order valence-corrected chi connectivity index (χ3v) is 5.75. The van der Waals surface area contributed by atoms with E-state index in [0.29, 0.717) is 0 Å². The minimum atomic E-state index is 0. The first-order valence-corrected chi connectivity index (χ1v) is 10.4. The van der Waals surface area contributed by atoms with Crippen molar-refractivity contribution in [3.63, 3.8) is 0 Å². The minimum absolute atomic E-state index is 0. The molecule has 0 aliphatic carbocycles. The molecule has 32 heavy (non-hydrogen) atoms. The molecular formula is C29H19IrN2-. The van der Waals surface area contributed by atoms with Crippen LogP contribution in [0.4, 0.5) is 17.1 Å². The standard InChI is InChI=1S/C29H19N2.Ir/c1-3-10-23(11-4-1)31(24-12-5-2-6-13-24)25-16-18-27-21(19-25)15-17-28-26-14-8-7-9-22(26)20-30-29(27)28;/h1-17,19-20H;/q-1;. The summed E-state index contributed by atoms with van der Waals surface area (Å²) in [5.41, 5.74) is 4.30. The first kappa shape index (κ1) is 20.4. The third-order valence-electron chi connectivity index (χ3n) is 5.75. The van der Waals surface area contributed by atoms with Gasteiger partial charge in [-0.2, -0.15) is 0 Å². The zero-order chi connectivity index (χ0) is 20.6. The summed E-state index contributed by atoms with van der Waals surface area (Å²) < 4.78 is 0. The molecule has 6 aromatic rings. The van der Waals surface area contributed by atoms with Crippen LogP contribution in [0.1, 0.15) is 0 Å². The molecule has 0 aliphatic rings. The van der Waals surface area contributed by atoms with Gasteiger partial charge in [-0.3, -0.25) is 0 Å².